The molecule has 1 N–H and O–H groups in total. The second-order valence-corrected chi connectivity index (χ2v) is 5.40. The van der Waals surface area contributed by atoms with Gasteiger partial charge in [-0.15, -0.1) is 0 Å². The van der Waals surface area contributed by atoms with Gasteiger partial charge in [-0.05, 0) is 18.2 Å². The highest BCUT2D eigenvalue weighted by atomic mass is 16.6. The number of non-ortho nitro benzene ring substituents is 1. The van der Waals surface area contributed by atoms with Crippen LogP contribution in [0.3, 0.4) is 0 Å². The maximum Gasteiger partial charge on any atom is 0.273 e. The summed E-state index contributed by atoms with van der Waals surface area (Å²) in [5, 5.41) is 13.7. The predicted octanol–water partition coefficient (Wildman–Crippen LogP) is 3.44. The van der Waals surface area contributed by atoms with Crippen LogP contribution in [0.15, 0.2) is 42.6 Å². The molecule has 9 heteroatoms. The Morgan fingerprint density at radius 1 is 0.964 bits per heavy atom. The van der Waals surface area contributed by atoms with Crippen LogP contribution in [0, 0.1) is 10.1 Å². The Hall–Kier alpha value is -3.75. The number of nitro benzene ring substituents is 1. The Labute approximate surface area is 161 Å². The molecule has 0 radical (unpaired) electrons. The van der Waals surface area contributed by atoms with Crippen molar-refractivity contribution in [1.29, 1.82) is 0 Å². The first kappa shape index (κ1) is 20.6. The van der Waals surface area contributed by atoms with Crippen LogP contribution in [-0.4, -0.2) is 39.1 Å². The topological polar surface area (TPSA) is 109 Å². The lowest BCUT2D eigenvalue weighted by molar-refractivity contribution is -0.384. The second kappa shape index (κ2) is 9.26. The van der Waals surface area contributed by atoms with Crippen LogP contribution >= 0.6 is 0 Å². The standard InChI is InChI=1S/C19H20N2O7/c1-25-16-11-13(21(23)24)5-6-14(16)20-8-7-15(22)12-9-17(26-2)19(28-4)18(10-12)27-3/h5-11,20H,1-4H3/b8-7+. The number of carbonyl (C=O) groups is 1. The molecule has 0 bridgehead atoms. The van der Waals surface area contributed by atoms with Crippen molar-refractivity contribution in [2.24, 2.45) is 0 Å². The molecule has 28 heavy (non-hydrogen) atoms. The molecule has 0 saturated carbocycles. The maximum atomic E-state index is 12.5. The van der Waals surface area contributed by atoms with Crippen LogP contribution in [-0.2, 0) is 0 Å². The van der Waals surface area contributed by atoms with Gasteiger partial charge in [-0.2, -0.15) is 0 Å². The molecule has 2 aromatic carbocycles. The van der Waals surface area contributed by atoms with E-state index >= 15 is 0 Å². The fourth-order valence-electron chi connectivity index (χ4n) is 2.44. The van der Waals surface area contributed by atoms with Gasteiger partial charge >= 0.3 is 0 Å². The van der Waals surface area contributed by atoms with Crippen molar-refractivity contribution < 1.29 is 28.7 Å². The molecular weight excluding hydrogens is 368 g/mol. The second-order valence-electron chi connectivity index (χ2n) is 5.40. The molecule has 0 saturated heterocycles. The fourth-order valence-corrected chi connectivity index (χ4v) is 2.44. The van der Waals surface area contributed by atoms with E-state index in [-0.39, 0.29) is 17.2 Å². The number of nitrogens with zero attached hydrogens (tertiary/aromatic N) is 1. The summed E-state index contributed by atoms with van der Waals surface area (Å²) in [4.78, 5) is 22.8. The van der Waals surface area contributed by atoms with E-state index in [4.69, 9.17) is 18.9 Å². The predicted molar refractivity (Wildman–Crippen MR) is 103 cm³/mol. The van der Waals surface area contributed by atoms with Gasteiger partial charge in [-0.1, -0.05) is 0 Å². The summed E-state index contributed by atoms with van der Waals surface area (Å²) in [7, 11) is 5.80. The van der Waals surface area contributed by atoms with E-state index in [0.29, 0.717) is 28.5 Å². The van der Waals surface area contributed by atoms with Crippen LogP contribution in [0.1, 0.15) is 10.4 Å². The average Bonchev–Trinajstić information content (AvgIpc) is 2.72. The van der Waals surface area contributed by atoms with E-state index < -0.39 is 4.92 Å². The molecule has 0 aliphatic carbocycles. The number of benzene rings is 2. The highest BCUT2D eigenvalue weighted by Gasteiger charge is 2.16. The van der Waals surface area contributed by atoms with Gasteiger partial charge in [-0.3, -0.25) is 14.9 Å². The number of ether oxygens (including phenoxy) is 4. The van der Waals surface area contributed by atoms with Crippen molar-refractivity contribution in [3.8, 4) is 23.0 Å². The summed E-state index contributed by atoms with van der Waals surface area (Å²) in [6.45, 7) is 0. The van der Waals surface area contributed by atoms with Crippen molar-refractivity contribution in [3.05, 3.63) is 58.3 Å². The number of rotatable bonds is 9. The molecule has 148 valence electrons. The summed E-state index contributed by atoms with van der Waals surface area (Å²) in [6.07, 6.45) is 2.72. The van der Waals surface area contributed by atoms with Gasteiger partial charge in [0, 0.05) is 23.9 Å². The number of carbonyl (C=O) groups excluding carboxylic acids is 1. The maximum absolute atomic E-state index is 12.5. The summed E-state index contributed by atoms with van der Waals surface area (Å²) in [5.41, 5.74) is 0.713. The van der Waals surface area contributed by atoms with Crippen LogP contribution < -0.4 is 24.3 Å². The lowest BCUT2D eigenvalue weighted by atomic mass is 10.1. The minimum absolute atomic E-state index is 0.0973. The van der Waals surface area contributed by atoms with E-state index in [1.54, 1.807) is 12.1 Å². The van der Waals surface area contributed by atoms with Crippen molar-refractivity contribution in [1.82, 2.24) is 0 Å². The Balaban J connectivity index is 2.21. The number of ketones is 1. The summed E-state index contributed by atoms with van der Waals surface area (Å²) >= 11 is 0. The Kier molecular flexibility index (Phi) is 6.80. The molecule has 0 fully saturated rings. The molecule has 2 aromatic rings. The third-order valence-electron chi connectivity index (χ3n) is 3.82. The van der Waals surface area contributed by atoms with Crippen LogP contribution in [0.2, 0.25) is 0 Å². The van der Waals surface area contributed by atoms with E-state index in [1.165, 1.54) is 58.9 Å². The molecule has 0 heterocycles. The van der Waals surface area contributed by atoms with Crippen molar-refractivity contribution in [3.63, 3.8) is 0 Å². The zero-order valence-electron chi connectivity index (χ0n) is 15.8. The number of hydrogen-bond acceptors (Lipinski definition) is 8. The Bertz CT molecular complexity index is 884. The van der Waals surface area contributed by atoms with Gasteiger partial charge in [0.05, 0.1) is 45.1 Å². The van der Waals surface area contributed by atoms with Gasteiger partial charge in [0.15, 0.2) is 17.3 Å². The van der Waals surface area contributed by atoms with Crippen molar-refractivity contribution in [2.45, 2.75) is 0 Å². The number of nitro groups is 1. The first-order valence-corrected chi connectivity index (χ1v) is 8.05. The molecule has 0 aliphatic rings. The summed E-state index contributed by atoms with van der Waals surface area (Å²) in [6, 6.07) is 7.20. The Morgan fingerprint density at radius 3 is 2.07 bits per heavy atom. The number of nitrogens with one attached hydrogen (secondary N) is 1. The first-order chi connectivity index (χ1) is 13.4. The third kappa shape index (κ3) is 4.50. The number of anilines is 1. The summed E-state index contributed by atoms with van der Waals surface area (Å²) in [5.74, 6) is 1.08. The van der Waals surface area contributed by atoms with Crippen molar-refractivity contribution >= 4 is 17.2 Å². The summed E-state index contributed by atoms with van der Waals surface area (Å²) < 4.78 is 20.8. The highest BCUT2D eigenvalue weighted by molar-refractivity contribution is 6.05. The number of allylic oxidation sites excluding steroid dienone is 1. The lowest BCUT2D eigenvalue weighted by Gasteiger charge is -2.13. The van der Waals surface area contributed by atoms with Crippen LogP contribution in [0.4, 0.5) is 11.4 Å². The van der Waals surface area contributed by atoms with Crippen LogP contribution in [0.25, 0.3) is 0 Å². The number of methoxy groups -OCH3 is 4. The van der Waals surface area contributed by atoms with Gasteiger partial charge in [0.2, 0.25) is 5.75 Å². The van der Waals surface area contributed by atoms with Crippen LogP contribution in [0.5, 0.6) is 23.0 Å². The molecule has 0 amide bonds. The van der Waals surface area contributed by atoms with E-state index in [0.717, 1.165) is 0 Å². The minimum Gasteiger partial charge on any atom is -0.494 e. The molecule has 0 unspecified atom stereocenters. The fraction of sp³-hybridized carbons (Fsp3) is 0.211. The molecule has 0 atom stereocenters. The largest absolute Gasteiger partial charge is 0.494 e. The van der Waals surface area contributed by atoms with E-state index in [1.807, 2.05) is 0 Å². The van der Waals surface area contributed by atoms with Gasteiger partial charge in [0.1, 0.15) is 5.75 Å². The van der Waals surface area contributed by atoms with Gasteiger partial charge in [0.25, 0.3) is 5.69 Å². The average molecular weight is 388 g/mol. The van der Waals surface area contributed by atoms with E-state index in [9.17, 15) is 14.9 Å². The monoisotopic (exact) mass is 388 g/mol. The highest BCUT2D eigenvalue weighted by Crippen LogP contribution is 2.38. The third-order valence-corrected chi connectivity index (χ3v) is 3.82. The SMILES string of the molecule is COc1cc([N+](=O)[O-])ccc1N/C=C/C(=O)c1cc(OC)c(OC)c(OC)c1. The lowest BCUT2D eigenvalue weighted by Crippen LogP contribution is -2.01. The zero-order chi connectivity index (χ0) is 20.7. The molecule has 9 nitrogen and oxygen atoms in total. The van der Waals surface area contributed by atoms with E-state index in [2.05, 4.69) is 5.32 Å². The molecule has 0 aromatic heterocycles. The quantitative estimate of drug-likeness (QED) is 0.301. The molecule has 0 spiro atoms. The van der Waals surface area contributed by atoms with Gasteiger partial charge < -0.3 is 24.3 Å². The molecular formula is C19H20N2O7. The Morgan fingerprint density at radius 2 is 1.57 bits per heavy atom. The minimum atomic E-state index is -0.518. The van der Waals surface area contributed by atoms with Crippen molar-refractivity contribution in [2.75, 3.05) is 33.8 Å². The molecule has 2 rings (SSSR count). The smallest absolute Gasteiger partial charge is 0.273 e. The normalized spacial score (nSPS) is 10.4. The van der Waals surface area contributed by atoms with Gasteiger partial charge in [-0.25, -0.2) is 0 Å². The number of hydrogen-bond donors (Lipinski definition) is 1. The molecule has 0 aliphatic heterocycles. The first-order valence-electron chi connectivity index (χ1n) is 8.05. The zero-order valence-corrected chi connectivity index (χ0v) is 15.8.